The maximum absolute atomic E-state index is 10.8. The molecule has 0 amide bonds. The Kier molecular flexibility index (Phi) is 3.65. The van der Waals surface area contributed by atoms with E-state index in [0.717, 1.165) is 22.7 Å². The van der Waals surface area contributed by atoms with Crippen molar-refractivity contribution in [2.45, 2.75) is 37.4 Å². The maximum Gasteiger partial charge on any atom is 0.313 e. The number of imidazole rings is 1. The Hall–Kier alpha value is -1.56. The molecule has 0 bridgehead atoms. The van der Waals surface area contributed by atoms with Gasteiger partial charge in [0, 0.05) is 12.2 Å². The van der Waals surface area contributed by atoms with E-state index in [1.807, 2.05) is 12.1 Å². The molecule has 0 aliphatic heterocycles. The Morgan fingerprint density at radius 2 is 2.45 bits per heavy atom. The molecule has 1 aliphatic carbocycles. The third kappa shape index (κ3) is 2.52. The second-order valence-corrected chi connectivity index (χ2v) is 6.09. The van der Waals surface area contributed by atoms with E-state index < -0.39 is 5.97 Å². The lowest BCUT2D eigenvalue weighted by molar-refractivity contribution is -0.133. The summed E-state index contributed by atoms with van der Waals surface area (Å²) >= 11 is 1.28. The van der Waals surface area contributed by atoms with Crippen molar-refractivity contribution in [3.63, 3.8) is 0 Å². The summed E-state index contributed by atoms with van der Waals surface area (Å²) in [4.78, 5) is 19.7. The van der Waals surface area contributed by atoms with Gasteiger partial charge in [0.1, 0.15) is 5.52 Å². The molecule has 0 saturated heterocycles. The number of nitrogens with zero attached hydrogens (tertiary/aromatic N) is 3. The van der Waals surface area contributed by atoms with Crippen LogP contribution >= 0.6 is 11.8 Å². The van der Waals surface area contributed by atoms with E-state index in [-0.39, 0.29) is 5.75 Å². The Balaban J connectivity index is 1.94. The van der Waals surface area contributed by atoms with E-state index >= 15 is 0 Å². The number of thioether (sulfide) groups is 1. The first-order valence-electron chi connectivity index (χ1n) is 6.88. The van der Waals surface area contributed by atoms with Crippen molar-refractivity contribution in [2.75, 3.05) is 5.75 Å². The van der Waals surface area contributed by atoms with Crippen LogP contribution in [0.4, 0.5) is 0 Å². The number of hydrogen-bond donors (Lipinski definition) is 1. The van der Waals surface area contributed by atoms with Gasteiger partial charge in [-0.2, -0.15) is 0 Å². The highest BCUT2D eigenvalue weighted by Gasteiger charge is 2.40. The maximum atomic E-state index is 10.8. The fourth-order valence-electron chi connectivity index (χ4n) is 2.66. The fourth-order valence-corrected chi connectivity index (χ4v) is 3.44. The van der Waals surface area contributed by atoms with Gasteiger partial charge in [0.15, 0.2) is 10.8 Å². The number of hydrogen-bond acceptors (Lipinski definition) is 4. The quantitative estimate of drug-likeness (QED) is 0.829. The molecular formula is C14H17N3O2S. The average molecular weight is 291 g/mol. The molecule has 5 nitrogen and oxygen atoms in total. The minimum atomic E-state index is -0.817. The first-order valence-corrected chi connectivity index (χ1v) is 7.86. The number of aliphatic carboxylic acids is 1. The first-order chi connectivity index (χ1) is 9.70. The van der Waals surface area contributed by atoms with Crippen molar-refractivity contribution in [1.82, 2.24) is 14.5 Å². The molecule has 0 aromatic carbocycles. The SMILES string of the molecule is CCCC1CC1n1c(SCC(=O)O)nc2cccnc21. The van der Waals surface area contributed by atoms with Gasteiger partial charge >= 0.3 is 5.97 Å². The van der Waals surface area contributed by atoms with Crippen LogP contribution in [0, 0.1) is 5.92 Å². The van der Waals surface area contributed by atoms with Gasteiger partial charge in [-0.1, -0.05) is 25.1 Å². The van der Waals surface area contributed by atoms with Gasteiger partial charge in [0.2, 0.25) is 0 Å². The Morgan fingerprint density at radius 1 is 1.60 bits per heavy atom. The first kappa shape index (κ1) is 13.4. The molecule has 0 radical (unpaired) electrons. The zero-order valence-electron chi connectivity index (χ0n) is 11.3. The highest BCUT2D eigenvalue weighted by Crippen LogP contribution is 2.49. The van der Waals surface area contributed by atoms with E-state index in [0.29, 0.717) is 12.0 Å². The number of pyridine rings is 1. The molecule has 1 saturated carbocycles. The van der Waals surface area contributed by atoms with Crippen LogP contribution in [0.5, 0.6) is 0 Å². The highest BCUT2D eigenvalue weighted by atomic mass is 32.2. The fraction of sp³-hybridized carbons (Fsp3) is 0.500. The molecule has 6 heteroatoms. The Bertz CT molecular complexity index is 640. The van der Waals surface area contributed by atoms with Crippen molar-refractivity contribution in [3.05, 3.63) is 18.3 Å². The molecule has 106 valence electrons. The molecular weight excluding hydrogens is 274 g/mol. The molecule has 0 spiro atoms. The minimum absolute atomic E-state index is 0.0362. The standard InChI is InChI=1S/C14H17N3O2S/c1-2-4-9-7-11(9)17-13-10(5-3-6-15-13)16-14(17)20-8-12(18)19/h3,5-6,9,11H,2,4,7-8H2,1H3,(H,18,19). The Labute approximate surface area is 121 Å². The second kappa shape index (κ2) is 5.44. The van der Waals surface area contributed by atoms with Gasteiger partial charge in [-0.25, -0.2) is 9.97 Å². The van der Waals surface area contributed by atoms with Crippen LogP contribution in [0.15, 0.2) is 23.5 Å². The van der Waals surface area contributed by atoms with Gasteiger partial charge in [-0.3, -0.25) is 4.79 Å². The van der Waals surface area contributed by atoms with Crippen LogP contribution in [0.3, 0.4) is 0 Å². The summed E-state index contributed by atoms with van der Waals surface area (Å²) in [6.45, 7) is 2.19. The molecule has 1 aliphatic rings. The minimum Gasteiger partial charge on any atom is -0.481 e. The summed E-state index contributed by atoms with van der Waals surface area (Å²) in [6, 6.07) is 4.23. The van der Waals surface area contributed by atoms with E-state index in [9.17, 15) is 4.79 Å². The topological polar surface area (TPSA) is 68.0 Å². The van der Waals surface area contributed by atoms with Gasteiger partial charge < -0.3 is 9.67 Å². The van der Waals surface area contributed by atoms with Gasteiger partial charge in [0.05, 0.1) is 5.75 Å². The lowest BCUT2D eigenvalue weighted by Crippen LogP contribution is -2.03. The molecule has 2 aromatic rings. The van der Waals surface area contributed by atoms with E-state index in [1.165, 1.54) is 24.6 Å². The van der Waals surface area contributed by atoms with Gasteiger partial charge in [-0.05, 0) is 30.9 Å². The van der Waals surface area contributed by atoms with E-state index in [4.69, 9.17) is 5.11 Å². The van der Waals surface area contributed by atoms with Crippen LogP contribution in [0.2, 0.25) is 0 Å². The van der Waals surface area contributed by atoms with Crippen LogP contribution in [0.1, 0.15) is 32.2 Å². The summed E-state index contributed by atoms with van der Waals surface area (Å²) < 4.78 is 2.14. The van der Waals surface area contributed by atoms with Gasteiger partial charge in [-0.15, -0.1) is 0 Å². The Morgan fingerprint density at radius 3 is 3.20 bits per heavy atom. The summed E-state index contributed by atoms with van der Waals surface area (Å²) in [7, 11) is 0. The normalized spacial score (nSPS) is 21.2. The highest BCUT2D eigenvalue weighted by molar-refractivity contribution is 7.99. The lowest BCUT2D eigenvalue weighted by Gasteiger charge is -2.06. The smallest absolute Gasteiger partial charge is 0.313 e. The number of carboxylic acids is 1. The molecule has 2 unspecified atom stereocenters. The molecule has 20 heavy (non-hydrogen) atoms. The molecule has 2 aromatic heterocycles. The van der Waals surface area contributed by atoms with Gasteiger partial charge in [0.25, 0.3) is 0 Å². The number of aromatic nitrogens is 3. The van der Waals surface area contributed by atoms with Crippen molar-refractivity contribution in [2.24, 2.45) is 5.92 Å². The molecule has 3 rings (SSSR count). The summed E-state index contributed by atoms with van der Waals surface area (Å²) in [5.41, 5.74) is 1.73. The van der Waals surface area contributed by atoms with Crippen molar-refractivity contribution in [1.29, 1.82) is 0 Å². The van der Waals surface area contributed by atoms with E-state index in [2.05, 4.69) is 21.5 Å². The number of fused-ring (bicyclic) bond motifs is 1. The zero-order chi connectivity index (χ0) is 14.1. The largest absolute Gasteiger partial charge is 0.481 e. The van der Waals surface area contributed by atoms with Crippen LogP contribution in [-0.4, -0.2) is 31.4 Å². The molecule has 2 heterocycles. The molecule has 1 N–H and O–H groups in total. The second-order valence-electron chi connectivity index (χ2n) is 5.14. The number of carboxylic acid groups (broad SMARTS) is 1. The monoisotopic (exact) mass is 291 g/mol. The summed E-state index contributed by atoms with van der Waals surface area (Å²) in [5.74, 6) is -0.0971. The number of carbonyl (C=O) groups is 1. The predicted octanol–water partition coefficient (Wildman–Crippen LogP) is 2.97. The van der Waals surface area contributed by atoms with Crippen LogP contribution in [0.25, 0.3) is 11.2 Å². The summed E-state index contributed by atoms with van der Waals surface area (Å²) in [6.07, 6.45) is 5.30. The average Bonchev–Trinajstić information content (AvgIpc) is 3.07. The third-order valence-electron chi connectivity index (χ3n) is 3.62. The third-order valence-corrected chi connectivity index (χ3v) is 4.56. The zero-order valence-corrected chi connectivity index (χ0v) is 12.1. The van der Waals surface area contributed by atoms with Crippen molar-refractivity contribution < 1.29 is 9.90 Å². The van der Waals surface area contributed by atoms with Crippen molar-refractivity contribution in [3.8, 4) is 0 Å². The van der Waals surface area contributed by atoms with Crippen LogP contribution in [-0.2, 0) is 4.79 Å². The molecule has 2 atom stereocenters. The number of rotatable bonds is 6. The van der Waals surface area contributed by atoms with Crippen LogP contribution < -0.4 is 0 Å². The molecule has 1 fully saturated rings. The van der Waals surface area contributed by atoms with E-state index in [1.54, 1.807) is 6.20 Å². The van der Waals surface area contributed by atoms with Crippen molar-refractivity contribution >= 4 is 28.9 Å². The summed E-state index contributed by atoms with van der Waals surface area (Å²) in [5, 5.41) is 9.64. The predicted molar refractivity (Wildman–Crippen MR) is 77.9 cm³/mol. The lowest BCUT2D eigenvalue weighted by atomic mass is 10.2.